The molecule has 1 aromatic rings. The zero-order chi connectivity index (χ0) is 9.26. The molecule has 1 saturated heterocycles. The van der Waals surface area contributed by atoms with Gasteiger partial charge in [-0.15, -0.1) is 0 Å². The van der Waals surface area contributed by atoms with Crippen molar-refractivity contribution in [3.05, 3.63) is 0 Å². The van der Waals surface area contributed by atoms with E-state index in [1.165, 1.54) is 0 Å². The van der Waals surface area contributed by atoms with E-state index in [2.05, 4.69) is 32.7 Å². The molecule has 1 N–H and O–H groups in total. The average molecular weight is 182 g/mol. The Morgan fingerprint density at radius 3 is 3.00 bits per heavy atom. The normalized spacial score (nSPS) is 23.5. The van der Waals surface area contributed by atoms with Crippen molar-refractivity contribution in [2.24, 2.45) is 7.05 Å². The Morgan fingerprint density at radius 1 is 1.54 bits per heavy atom. The van der Waals surface area contributed by atoms with Crippen LogP contribution in [0.4, 0.5) is 5.95 Å². The first-order chi connectivity index (χ1) is 6.27. The summed E-state index contributed by atoms with van der Waals surface area (Å²) in [6.45, 7) is 5.09. The number of rotatable bonds is 1. The van der Waals surface area contributed by atoms with E-state index >= 15 is 0 Å². The molecule has 0 spiro atoms. The first-order valence-corrected chi connectivity index (χ1v) is 4.48. The van der Waals surface area contributed by atoms with Crippen LogP contribution in [-0.4, -0.2) is 45.9 Å². The van der Waals surface area contributed by atoms with Crippen molar-refractivity contribution in [2.45, 2.75) is 13.0 Å². The Hall–Kier alpha value is -1.17. The number of piperazine rings is 1. The van der Waals surface area contributed by atoms with Gasteiger partial charge in [0, 0.05) is 32.7 Å². The van der Waals surface area contributed by atoms with Gasteiger partial charge in [-0.05, 0) is 17.4 Å². The van der Waals surface area contributed by atoms with Crippen molar-refractivity contribution in [3.8, 4) is 0 Å². The van der Waals surface area contributed by atoms with Gasteiger partial charge in [0.1, 0.15) is 0 Å². The first kappa shape index (κ1) is 8.43. The van der Waals surface area contributed by atoms with Crippen LogP contribution in [-0.2, 0) is 7.05 Å². The monoisotopic (exact) mass is 182 g/mol. The summed E-state index contributed by atoms with van der Waals surface area (Å²) in [6.07, 6.45) is 0. The van der Waals surface area contributed by atoms with Gasteiger partial charge in [0.2, 0.25) is 5.95 Å². The van der Waals surface area contributed by atoms with E-state index in [0.717, 1.165) is 25.6 Å². The number of nitrogens with zero attached hydrogens (tertiary/aromatic N) is 5. The summed E-state index contributed by atoms with van der Waals surface area (Å²) in [7, 11) is 1.86. The van der Waals surface area contributed by atoms with Crippen LogP contribution >= 0.6 is 0 Å². The highest BCUT2D eigenvalue weighted by atomic mass is 15.6. The van der Waals surface area contributed by atoms with Gasteiger partial charge < -0.3 is 10.2 Å². The number of hydrogen-bond donors (Lipinski definition) is 1. The number of aromatic nitrogens is 4. The molecule has 0 aromatic carbocycles. The minimum atomic E-state index is 0.505. The molecule has 1 fully saturated rings. The highest BCUT2D eigenvalue weighted by molar-refractivity contribution is 5.28. The minimum absolute atomic E-state index is 0.505. The van der Waals surface area contributed by atoms with Crippen LogP contribution < -0.4 is 10.2 Å². The van der Waals surface area contributed by atoms with Gasteiger partial charge in [0.25, 0.3) is 0 Å². The van der Waals surface area contributed by atoms with Crippen molar-refractivity contribution in [1.82, 2.24) is 25.5 Å². The molecule has 0 unspecified atom stereocenters. The molecule has 6 nitrogen and oxygen atoms in total. The van der Waals surface area contributed by atoms with Crippen molar-refractivity contribution >= 4 is 5.95 Å². The van der Waals surface area contributed by atoms with Gasteiger partial charge in [0.05, 0.1) is 0 Å². The fraction of sp³-hybridized carbons (Fsp3) is 0.857. The zero-order valence-corrected chi connectivity index (χ0v) is 7.93. The van der Waals surface area contributed by atoms with E-state index in [1.807, 2.05) is 7.05 Å². The van der Waals surface area contributed by atoms with Crippen molar-refractivity contribution < 1.29 is 0 Å². The summed E-state index contributed by atoms with van der Waals surface area (Å²) in [5.74, 6) is 0.855. The van der Waals surface area contributed by atoms with Crippen LogP contribution in [0.25, 0.3) is 0 Å². The number of nitrogens with one attached hydrogen (secondary N) is 1. The van der Waals surface area contributed by atoms with Crippen LogP contribution in [0.15, 0.2) is 0 Å². The molecule has 1 aliphatic rings. The van der Waals surface area contributed by atoms with Gasteiger partial charge in [-0.25, -0.2) is 4.68 Å². The molecule has 6 heteroatoms. The Morgan fingerprint density at radius 2 is 2.38 bits per heavy atom. The van der Waals surface area contributed by atoms with Gasteiger partial charge in [-0.2, -0.15) is 0 Å². The summed E-state index contributed by atoms with van der Waals surface area (Å²) < 4.78 is 1.71. The minimum Gasteiger partial charge on any atom is -0.337 e. The average Bonchev–Trinajstić information content (AvgIpc) is 2.51. The largest absolute Gasteiger partial charge is 0.337 e. The molecule has 0 saturated carbocycles. The van der Waals surface area contributed by atoms with Crippen LogP contribution in [0, 0.1) is 0 Å². The molecule has 2 heterocycles. The Kier molecular flexibility index (Phi) is 2.13. The fourth-order valence-corrected chi connectivity index (χ4v) is 1.61. The third kappa shape index (κ3) is 1.62. The van der Waals surface area contributed by atoms with E-state index < -0.39 is 0 Å². The van der Waals surface area contributed by atoms with Gasteiger partial charge in [0.15, 0.2) is 0 Å². The number of tetrazole rings is 1. The van der Waals surface area contributed by atoms with E-state index in [9.17, 15) is 0 Å². The Balaban J connectivity index is 2.12. The molecule has 1 aromatic heterocycles. The predicted molar refractivity (Wildman–Crippen MR) is 48.5 cm³/mol. The lowest BCUT2D eigenvalue weighted by atomic mass is 10.2. The van der Waals surface area contributed by atoms with Crippen molar-refractivity contribution in [1.29, 1.82) is 0 Å². The molecule has 2 rings (SSSR count). The zero-order valence-electron chi connectivity index (χ0n) is 7.93. The summed E-state index contributed by atoms with van der Waals surface area (Å²) in [6, 6.07) is 0.505. The molecule has 13 heavy (non-hydrogen) atoms. The number of anilines is 1. The number of hydrogen-bond acceptors (Lipinski definition) is 5. The van der Waals surface area contributed by atoms with Crippen molar-refractivity contribution in [2.75, 3.05) is 24.5 Å². The quantitative estimate of drug-likeness (QED) is 0.604. The second-order valence-electron chi connectivity index (χ2n) is 3.40. The fourth-order valence-electron chi connectivity index (χ4n) is 1.61. The van der Waals surface area contributed by atoms with E-state index in [4.69, 9.17) is 0 Å². The lowest BCUT2D eigenvalue weighted by Crippen LogP contribution is -2.50. The summed E-state index contributed by atoms with van der Waals surface area (Å²) in [5.41, 5.74) is 0. The highest BCUT2D eigenvalue weighted by Crippen LogP contribution is 2.09. The number of aryl methyl sites for hydroxylation is 1. The molecule has 72 valence electrons. The van der Waals surface area contributed by atoms with Gasteiger partial charge in [-0.3, -0.25) is 0 Å². The highest BCUT2D eigenvalue weighted by Gasteiger charge is 2.19. The maximum absolute atomic E-state index is 3.97. The predicted octanol–water partition coefficient (Wildman–Crippen LogP) is -0.992. The molecule has 1 atom stereocenters. The van der Waals surface area contributed by atoms with Crippen molar-refractivity contribution in [3.63, 3.8) is 0 Å². The first-order valence-electron chi connectivity index (χ1n) is 4.48. The Labute approximate surface area is 76.9 Å². The van der Waals surface area contributed by atoms with Gasteiger partial charge >= 0.3 is 0 Å². The molecule has 0 aliphatic carbocycles. The maximum atomic E-state index is 3.97. The summed E-state index contributed by atoms with van der Waals surface area (Å²) in [4.78, 5) is 2.20. The maximum Gasteiger partial charge on any atom is 0.245 e. The lowest BCUT2D eigenvalue weighted by molar-refractivity contribution is 0.474. The van der Waals surface area contributed by atoms with Crippen LogP contribution in [0.5, 0.6) is 0 Å². The molecular weight excluding hydrogens is 168 g/mol. The van der Waals surface area contributed by atoms with Crippen LogP contribution in [0.2, 0.25) is 0 Å². The van der Waals surface area contributed by atoms with Crippen LogP contribution in [0.1, 0.15) is 6.92 Å². The van der Waals surface area contributed by atoms with E-state index in [-0.39, 0.29) is 0 Å². The summed E-state index contributed by atoms with van der Waals surface area (Å²) >= 11 is 0. The molecule has 0 amide bonds. The van der Waals surface area contributed by atoms with Crippen LogP contribution in [0.3, 0.4) is 0 Å². The molecular formula is C7H14N6. The topological polar surface area (TPSA) is 58.9 Å². The van der Waals surface area contributed by atoms with E-state index in [1.54, 1.807) is 4.68 Å². The molecule has 1 aliphatic heterocycles. The second-order valence-corrected chi connectivity index (χ2v) is 3.40. The Bertz CT molecular complexity index is 282. The van der Waals surface area contributed by atoms with E-state index in [0.29, 0.717) is 6.04 Å². The smallest absolute Gasteiger partial charge is 0.245 e. The standard InChI is InChI=1S/C7H14N6/c1-6-5-13(4-3-8-6)7-9-10-11-12(7)2/h6,8H,3-5H2,1-2H3/t6-/m1/s1. The second kappa shape index (κ2) is 3.29. The lowest BCUT2D eigenvalue weighted by Gasteiger charge is -2.31. The SMILES string of the molecule is C[C@@H]1CN(c2nnnn2C)CCN1. The molecule has 0 radical (unpaired) electrons. The third-order valence-corrected chi connectivity index (χ3v) is 2.25. The summed E-state index contributed by atoms with van der Waals surface area (Å²) in [5, 5.41) is 14.8. The third-order valence-electron chi connectivity index (χ3n) is 2.25. The van der Waals surface area contributed by atoms with Gasteiger partial charge in [-0.1, -0.05) is 5.10 Å². The molecule has 0 bridgehead atoms.